The highest BCUT2D eigenvalue weighted by molar-refractivity contribution is 7.92. The molecule has 0 aromatic heterocycles. The van der Waals surface area contributed by atoms with Crippen molar-refractivity contribution in [3.05, 3.63) is 23.2 Å². The third kappa shape index (κ3) is 5.06. The molecule has 1 aromatic carbocycles. The van der Waals surface area contributed by atoms with Crippen molar-refractivity contribution in [2.75, 3.05) is 23.4 Å². The monoisotopic (exact) mass is 306 g/mol. The Morgan fingerprint density at radius 3 is 2.53 bits per heavy atom. The highest BCUT2D eigenvalue weighted by Gasteiger charge is 2.13. The van der Waals surface area contributed by atoms with E-state index in [1.807, 2.05) is 0 Å². The van der Waals surface area contributed by atoms with E-state index >= 15 is 0 Å². The zero-order valence-corrected chi connectivity index (χ0v) is 12.3. The Morgan fingerprint density at radius 2 is 2.05 bits per heavy atom. The van der Waals surface area contributed by atoms with Crippen molar-refractivity contribution in [1.29, 1.82) is 0 Å². The molecule has 19 heavy (non-hydrogen) atoms. The summed E-state index contributed by atoms with van der Waals surface area (Å²) in [5, 5.41) is 2.79. The van der Waals surface area contributed by atoms with Crippen LogP contribution in [0.15, 0.2) is 18.2 Å². The number of ether oxygens (including phenoxy) is 1. The van der Waals surface area contributed by atoms with E-state index in [2.05, 4.69) is 10.0 Å². The number of halogens is 1. The number of sulfonamides is 1. The summed E-state index contributed by atoms with van der Waals surface area (Å²) in [6, 6.07) is 4.46. The van der Waals surface area contributed by atoms with Gasteiger partial charge in [0.25, 0.3) is 5.91 Å². The third-order valence-corrected chi connectivity index (χ3v) is 3.16. The molecule has 0 heterocycles. The Morgan fingerprint density at radius 1 is 1.42 bits per heavy atom. The van der Waals surface area contributed by atoms with E-state index in [1.165, 1.54) is 19.2 Å². The lowest BCUT2D eigenvalue weighted by Gasteiger charge is -2.12. The zero-order valence-electron chi connectivity index (χ0n) is 10.7. The van der Waals surface area contributed by atoms with Crippen LogP contribution in [0.25, 0.3) is 0 Å². The minimum absolute atomic E-state index is 0.188. The minimum atomic E-state index is -3.39. The second kappa shape index (κ2) is 6.23. The predicted molar refractivity (Wildman–Crippen MR) is 75.0 cm³/mol. The number of hydrogen-bond acceptors (Lipinski definition) is 4. The van der Waals surface area contributed by atoms with Gasteiger partial charge in [-0.2, -0.15) is 0 Å². The number of anilines is 2. The number of methoxy groups -OCH3 is 1. The van der Waals surface area contributed by atoms with Crippen LogP contribution in [0.5, 0.6) is 0 Å². The Kier molecular flexibility index (Phi) is 5.16. The second-order valence-electron chi connectivity index (χ2n) is 3.94. The summed E-state index contributed by atoms with van der Waals surface area (Å²) >= 11 is 5.92. The maximum Gasteiger partial charge on any atom is 0.253 e. The number of carbonyl (C=O) groups is 1. The molecule has 8 heteroatoms. The molecule has 2 N–H and O–H groups in total. The maximum absolute atomic E-state index is 11.6. The first-order valence-electron chi connectivity index (χ1n) is 5.34. The minimum Gasteiger partial charge on any atom is -0.372 e. The van der Waals surface area contributed by atoms with Gasteiger partial charge in [-0.05, 0) is 25.1 Å². The molecule has 0 radical (unpaired) electrons. The molecule has 1 aromatic rings. The van der Waals surface area contributed by atoms with Crippen LogP contribution in [0.2, 0.25) is 5.02 Å². The Hall–Kier alpha value is -1.31. The van der Waals surface area contributed by atoms with Crippen molar-refractivity contribution in [3.8, 4) is 0 Å². The molecule has 0 bridgehead atoms. The fourth-order valence-corrected chi connectivity index (χ4v) is 2.09. The fraction of sp³-hybridized carbons (Fsp3) is 0.364. The molecule has 0 fully saturated rings. The van der Waals surface area contributed by atoms with Crippen LogP contribution in [0.4, 0.5) is 11.4 Å². The van der Waals surface area contributed by atoms with Crippen molar-refractivity contribution in [3.63, 3.8) is 0 Å². The molecule has 6 nitrogen and oxygen atoms in total. The number of nitrogens with one attached hydrogen (secondary N) is 2. The van der Waals surface area contributed by atoms with Gasteiger partial charge in [0.15, 0.2) is 0 Å². The molecule has 0 saturated heterocycles. The Labute approximate surface area is 117 Å². The molecule has 0 aliphatic rings. The Balaban J connectivity index is 2.86. The van der Waals surface area contributed by atoms with Crippen LogP contribution in [-0.4, -0.2) is 33.8 Å². The molecule has 1 rings (SSSR count). The van der Waals surface area contributed by atoms with Crippen LogP contribution >= 0.6 is 11.6 Å². The first kappa shape index (κ1) is 15.7. The summed E-state index contributed by atoms with van der Waals surface area (Å²) in [4.78, 5) is 11.6. The van der Waals surface area contributed by atoms with E-state index in [9.17, 15) is 13.2 Å². The van der Waals surface area contributed by atoms with E-state index in [0.717, 1.165) is 6.26 Å². The van der Waals surface area contributed by atoms with Crippen molar-refractivity contribution in [2.24, 2.45) is 0 Å². The lowest BCUT2D eigenvalue weighted by atomic mass is 10.2. The largest absolute Gasteiger partial charge is 0.372 e. The van der Waals surface area contributed by atoms with Crippen LogP contribution < -0.4 is 10.0 Å². The lowest BCUT2D eigenvalue weighted by molar-refractivity contribution is -0.124. The third-order valence-electron chi connectivity index (χ3n) is 2.25. The number of carbonyl (C=O) groups excluding carboxylic acids is 1. The summed E-state index contributed by atoms with van der Waals surface area (Å²) in [7, 11) is -1.97. The van der Waals surface area contributed by atoms with Gasteiger partial charge < -0.3 is 10.1 Å². The van der Waals surface area contributed by atoms with Crippen molar-refractivity contribution in [1.82, 2.24) is 0 Å². The van der Waals surface area contributed by atoms with Gasteiger partial charge in [-0.1, -0.05) is 11.6 Å². The SMILES string of the molecule is COC(C)C(=O)Nc1ccc(NS(C)(=O)=O)c(Cl)c1. The number of rotatable bonds is 5. The number of benzene rings is 1. The average Bonchev–Trinajstić information content (AvgIpc) is 2.30. The van der Waals surface area contributed by atoms with Gasteiger partial charge in [0, 0.05) is 12.8 Å². The second-order valence-corrected chi connectivity index (χ2v) is 6.09. The van der Waals surface area contributed by atoms with E-state index in [1.54, 1.807) is 13.0 Å². The van der Waals surface area contributed by atoms with Crippen molar-refractivity contribution in [2.45, 2.75) is 13.0 Å². The quantitative estimate of drug-likeness (QED) is 0.867. The number of hydrogen-bond donors (Lipinski definition) is 2. The molecular formula is C11H15ClN2O4S. The average molecular weight is 307 g/mol. The first-order chi connectivity index (χ1) is 8.73. The smallest absolute Gasteiger partial charge is 0.253 e. The molecular weight excluding hydrogens is 292 g/mol. The molecule has 106 valence electrons. The van der Waals surface area contributed by atoms with Gasteiger partial charge in [-0.3, -0.25) is 9.52 Å². The zero-order chi connectivity index (χ0) is 14.6. The maximum atomic E-state index is 11.6. The van der Waals surface area contributed by atoms with Gasteiger partial charge in [0.2, 0.25) is 10.0 Å². The van der Waals surface area contributed by atoms with Crippen LogP contribution in [0, 0.1) is 0 Å². The molecule has 0 saturated carbocycles. The molecule has 1 amide bonds. The normalized spacial score (nSPS) is 12.8. The molecule has 0 aliphatic heterocycles. The molecule has 1 atom stereocenters. The highest BCUT2D eigenvalue weighted by atomic mass is 35.5. The number of amides is 1. The summed E-state index contributed by atoms with van der Waals surface area (Å²) in [6.45, 7) is 1.61. The van der Waals surface area contributed by atoms with Gasteiger partial charge in [0.05, 0.1) is 17.0 Å². The van der Waals surface area contributed by atoms with E-state index in [-0.39, 0.29) is 16.6 Å². The van der Waals surface area contributed by atoms with E-state index < -0.39 is 16.1 Å². The Bertz CT molecular complexity index is 574. The van der Waals surface area contributed by atoms with Crippen LogP contribution in [0.3, 0.4) is 0 Å². The van der Waals surface area contributed by atoms with Crippen LogP contribution in [-0.2, 0) is 19.6 Å². The molecule has 0 spiro atoms. The fourth-order valence-electron chi connectivity index (χ4n) is 1.23. The topological polar surface area (TPSA) is 84.5 Å². The standard InChI is InChI=1S/C11H15ClN2O4S/c1-7(18-2)11(15)13-8-4-5-10(9(12)6-8)14-19(3,16)17/h4-7,14H,1-3H3,(H,13,15). The van der Waals surface area contributed by atoms with Crippen molar-refractivity contribution < 1.29 is 17.9 Å². The summed E-state index contributed by atoms with van der Waals surface area (Å²) in [5.41, 5.74) is 0.708. The van der Waals surface area contributed by atoms with Gasteiger partial charge in [-0.25, -0.2) is 8.42 Å². The summed E-state index contributed by atoms with van der Waals surface area (Å²) < 4.78 is 29.3. The summed E-state index contributed by atoms with van der Waals surface area (Å²) in [5.74, 6) is -0.317. The van der Waals surface area contributed by atoms with Crippen molar-refractivity contribution >= 4 is 38.9 Å². The predicted octanol–water partition coefficient (Wildman–Crippen LogP) is 1.68. The van der Waals surface area contributed by atoms with Gasteiger partial charge in [-0.15, -0.1) is 0 Å². The summed E-state index contributed by atoms with van der Waals surface area (Å²) in [6.07, 6.45) is 0.437. The van der Waals surface area contributed by atoms with Gasteiger partial charge >= 0.3 is 0 Å². The van der Waals surface area contributed by atoms with E-state index in [4.69, 9.17) is 16.3 Å². The molecule has 1 unspecified atom stereocenters. The molecule has 0 aliphatic carbocycles. The van der Waals surface area contributed by atoms with E-state index in [0.29, 0.717) is 5.69 Å². The lowest BCUT2D eigenvalue weighted by Crippen LogP contribution is -2.26. The van der Waals surface area contributed by atoms with Crippen LogP contribution in [0.1, 0.15) is 6.92 Å². The van der Waals surface area contributed by atoms with Gasteiger partial charge in [0.1, 0.15) is 6.10 Å². The highest BCUT2D eigenvalue weighted by Crippen LogP contribution is 2.26. The first-order valence-corrected chi connectivity index (χ1v) is 7.61.